The number of rotatable bonds is 2. The molecule has 3 heteroatoms. The molecule has 0 spiro atoms. The third-order valence-electron chi connectivity index (χ3n) is 5.18. The zero-order valence-electron chi connectivity index (χ0n) is 14.4. The first-order chi connectivity index (χ1) is 11.6. The molecule has 0 aromatic heterocycles. The number of nitrogens with one attached hydrogen (secondary N) is 1. The minimum Gasteiger partial charge on any atom is -0.310 e. The molecule has 1 fully saturated rings. The van der Waals surface area contributed by atoms with Crippen LogP contribution in [0.4, 0.5) is 5.69 Å². The highest BCUT2D eigenvalue weighted by Gasteiger charge is 2.32. The SMILES string of the molecule is Cc1cc(C)cc(-c2cccc3c2CCN3C(=O)[C@@H]2CCCN2)c1. The van der Waals surface area contributed by atoms with Crippen molar-refractivity contribution in [2.75, 3.05) is 18.0 Å². The van der Waals surface area contributed by atoms with Gasteiger partial charge in [-0.15, -0.1) is 0 Å². The Hall–Kier alpha value is -2.13. The van der Waals surface area contributed by atoms with E-state index in [2.05, 4.69) is 55.6 Å². The van der Waals surface area contributed by atoms with Crippen molar-refractivity contribution < 1.29 is 4.79 Å². The zero-order chi connectivity index (χ0) is 16.7. The molecule has 3 nitrogen and oxygen atoms in total. The van der Waals surface area contributed by atoms with Gasteiger partial charge in [0.2, 0.25) is 5.91 Å². The van der Waals surface area contributed by atoms with Gasteiger partial charge in [0, 0.05) is 12.2 Å². The van der Waals surface area contributed by atoms with E-state index in [-0.39, 0.29) is 11.9 Å². The summed E-state index contributed by atoms with van der Waals surface area (Å²) in [7, 11) is 0. The lowest BCUT2D eigenvalue weighted by Gasteiger charge is -2.21. The van der Waals surface area contributed by atoms with Gasteiger partial charge < -0.3 is 10.2 Å². The van der Waals surface area contributed by atoms with E-state index in [1.807, 2.05) is 4.90 Å². The van der Waals surface area contributed by atoms with Gasteiger partial charge in [-0.25, -0.2) is 0 Å². The molecule has 1 atom stereocenters. The Bertz CT molecular complexity index is 770. The van der Waals surface area contributed by atoms with Crippen LogP contribution in [0, 0.1) is 13.8 Å². The van der Waals surface area contributed by atoms with Crippen LogP contribution >= 0.6 is 0 Å². The smallest absolute Gasteiger partial charge is 0.244 e. The van der Waals surface area contributed by atoms with Crippen molar-refractivity contribution >= 4 is 11.6 Å². The van der Waals surface area contributed by atoms with Crippen LogP contribution in [0.1, 0.15) is 29.5 Å². The fourth-order valence-electron chi connectivity index (χ4n) is 4.15. The monoisotopic (exact) mass is 320 g/mol. The third kappa shape index (κ3) is 2.63. The molecular formula is C21H24N2O. The van der Waals surface area contributed by atoms with Crippen molar-refractivity contribution in [2.24, 2.45) is 0 Å². The topological polar surface area (TPSA) is 32.3 Å². The molecule has 24 heavy (non-hydrogen) atoms. The van der Waals surface area contributed by atoms with Crippen LogP contribution in [0.25, 0.3) is 11.1 Å². The number of hydrogen-bond donors (Lipinski definition) is 1. The summed E-state index contributed by atoms with van der Waals surface area (Å²) < 4.78 is 0. The van der Waals surface area contributed by atoms with E-state index < -0.39 is 0 Å². The van der Waals surface area contributed by atoms with Gasteiger partial charge in [0.15, 0.2) is 0 Å². The second kappa shape index (κ2) is 6.06. The van der Waals surface area contributed by atoms with Gasteiger partial charge in [-0.05, 0) is 62.4 Å². The van der Waals surface area contributed by atoms with E-state index in [4.69, 9.17) is 0 Å². The average Bonchev–Trinajstić information content (AvgIpc) is 3.22. The summed E-state index contributed by atoms with van der Waals surface area (Å²) in [6, 6.07) is 13.1. The van der Waals surface area contributed by atoms with Crippen LogP contribution in [-0.2, 0) is 11.2 Å². The number of nitrogens with zero attached hydrogens (tertiary/aromatic N) is 1. The fraction of sp³-hybridized carbons (Fsp3) is 0.381. The van der Waals surface area contributed by atoms with Gasteiger partial charge in [0.1, 0.15) is 0 Å². The van der Waals surface area contributed by atoms with Gasteiger partial charge in [0.05, 0.1) is 6.04 Å². The highest BCUT2D eigenvalue weighted by Crippen LogP contribution is 2.37. The number of benzene rings is 2. The van der Waals surface area contributed by atoms with Crippen molar-refractivity contribution in [3.05, 3.63) is 53.1 Å². The minimum absolute atomic E-state index is 0.000760. The van der Waals surface area contributed by atoms with E-state index in [1.165, 1.54) is 27.8 Å². The molecule has 0 saturated carbocycles. The normalized spacial score (nSPS) is 19.6. The molecule has 2 aliphatic heterocycles. The number of carbonyl (C=O) groups excluding carboxylic acids is 1. The Kier molecular flexibility index (Phi) is 3.89. The van der Waals surface area contributed by atoms with Crippen molar-refractivity contribution in [1.29, 1.82) is 0 Å². The second-order valence-corrected chi connectivity index (χ2v) is 7.07. The maximum Gasteiger partial charge on any atom is 0.244 e. The highest BCUT2D eigenvalue weighted by molar-refractivity contribution is 6.00. The molecule has 124 valence electrons. The van der Waals surface area contributed by atoms with Crippen LogP contribution in [0.3, 0.4) is 0 Å². The third-order valence-corrected chi connectivity index (χ3v) is 5.18. The van der Waals surface area contributed by atoms with Crippen molar-refractivity contribution in [3.63, 3.8) is 0 Å². The molecule has 0 unspecified atom stereocenters. The van der Waals surface area contributed by atoms with Crippen molar-refractivity contribution in [2.45, 2.75) is 39.2 Å². The van der Waals surface area contributed by atoms with Gasteiger partial charge in [-0.2, -0.15) is 0 Å². The van der Waals surface area contributed by atoms with Gasteiger partial charge >= 0.3 is 0 Å². The van der Waals surface area contributed by atoms with Gasteiger partial charge in [0.25, 0.3) is 0 Å². The summed E-state index contributed by atoms with van der Waals surface area (Å²) >= 11 is 0. The maximum atomic E-state index is 12.8. The van der Waals surface area contributed by atoms with E-state index >= 15 is 0 Å². The number of amides is 1. The highest BCUT2D eigenvalue weighted by atomic mass is 16.2. The van der Waals surface area contributed by atoms with Gasteiger partial charge in [-0.1, -0.05) is 41.5 Å². The Morgan fingerprint density at radius 2 is 1.96 bits per heavy atom. The first kappa shape index (κ1) is 15.4. The quantitative estimate of drug-likeness (QED) is 0.917. The summed E-state index contributed by atoms with van der Waals surface area (Å²) in [5.74, 6) is 0.240. The van der Waals surface area contributed by atoms with Crippen LogP contribution in [0.5, 0.6) is 0 Å². The lowest BCUT2D eigenvalue weighted by Crippen LogP contribution is -2.42. The Balaban J connectivity index is 1.72. The van der Waals surface area contributed by atoms with E-state index in [1.54, 1.807) is 0 Å². The Labute approximate surface area is 143 Å². The summed E-state index contributed by atoms with van der Waals surface area (Å²) in [6.07, 6.45) is 3.00. The molecular weight excluding hydrogens is 296 g/mol. The second-order valence-electron chi connectivity index (χ2n) is 7.07. The van der Waals surface area contributed by atoms with Crippen molar-refractivity contribution in [1.82, 2.24) is 5.32 Å². The summed E-state index contributed by atoms with van der Waals surface area (Å²) in [5.41, 5.74) is 7.51. The number of aryl methyl sites for hydroxylation is 2. The summed E-state index contributed by atoms with van der Waals surface area (Å²) in [5, 5.41) is 3.33. The molecule has 4 rings (SSSR count). The lowest BCUT2D eigenvalue weighted by atomic mass is 9.95. The molecule has 2 heterocycles. The number of carbonyl (C=O) groups is 1. The van der Waals surface area contributed by atoms with Crippen LogP contribution in [-0.4, -0.2) is 25.0 Å². The van der Waals surface area contributed by atoms with E-state index in [9.17, 15) is 4.79 Å². The number of fused-ring (bicyclic) bond motifs is 1. The van der Waals surface area contributed by atoms with Crippen LogP contribution in [0.2, 0.25) is 0 Å². The van der Waals surface area contributed by atoms with E-state index in [0.29, 0.717) is 0 Å². The van der Waals surface area contributed by atoms with Gasteiger partial charge in [-0.3, -0.25) is 4.79 Å². The molecule has 1 amide bonds. The fourth-order valence-corrected chi connectivity index (χ4v) is 4.15. The molecule has 0 bridgehead atoms. The molecule has 2 aromatic rings. The molecule has 0 radical (unpaired) electrons. The lowest BCUT2D eigenvalue weighted by molar-refractivity contribution is -0.120. The largest absolute Gasteiger partial charge is 0.310 e. The Morgan fingerprint density at radius 3 is 2.67 bits per heavy atom. The predicted molar refractivity (Wildman–Crippen MR) is 98.4 cm³/mol. The molecule has 1 saturated heterocycles. The maximum absolute atomic E-state index is 12.8. The minimum atomic E-state index is 0.000760. The average molecular weight is 320 g/mol. The summed E-state index contributed by atoms with van der Waals surface area (Å²) in [6.45, 7) is 6.04. The van der Waals surface area contributed by atoms with Crippen molar-refractivity contribution in [3.8, 4) is 11.1 Å². The number of hydrogen-bond acceptors (Lipinski definition) is 2. The molecule has 2 aliphatic rings. The van der Waals surface area contributed by atoms with Crippen LogP contribution in [0.15, 0.2) is 36.4 Å². The van der Waals surface area contributed by atoms with E-state index in [0.717, 1.165) is 38.0 Å². The summed E-state index contributed by atoms with van der Waals surface area (Å²) in [4.78, 5) is 14.8. The number of anilines is 1. The molecule has 0 aliphatic carbocycles. The molecule has 1 N–H and O–H groups in total. The standard InChI is InChI=1S/C21H24N2O/c1-14-11-15(2)13-16(12-14)17-5-3-7-20-18(17)8-10-23(20)21(24)19-6-4-9-22-19/h3,5,7,11-13,19,22H,4,6,8-10H2,1-2H3/t19-/m0/s1. The first-order valence-corrected chi connectivity index (χ1v) is 8.89. The molecule has 2 aromatic carbocycles. The Morgan fingerprint density at radius 1 is 1.17 bits per heavy atom. The van der Waals surface area contributed by atoms with Crippen LogP contribution < -0.4 is 10.2 Å². The first-order valence-electron chi connectivity index (χ1n) is 8.89. The zero-order valence-corrected chi connectivity index (χ0v) is 14.4. The predicted octanol–water partition coefficient (Wildman–Crippen LogP) is 3.61.